The van der Waals surface area contributed by atoms with Gasteiger partial charge in [0.1, 0.15) is 29.0 Å². The number of halogens is 2. The number of pyridine rings is 1. The van der Waals surface area contributed by atoms with Crippen LogP contribution in [0, 0.1) is 13.8 Å². The molecular weight excluding hydrogens is 532 g/mol. The maximum atomic E-state index is 13.9. The van der Waals surface area contributed by atoms with E-state index in [0.29, 0.717) is 25.6 Å². The molecule has 1 atom stereocenters. The molecule has 0 spiro atoms. The van der Waals surface area contributed by atoms with Crippen LogP contribution in [0.25, 0.3) is 11.0 Å². The van der Waals surface area contributed by atoms with E-state index in [1.807, 2.05) is 13.8 Å². The van der Waals surface area contributed by atoms with Gasteiger partial charge in [0.15, 0.2) is 5.76 Å². The van der Waals surface area contributed by atoms with Crippen LogP contribution >= 0.6 is 27.5 Å². The van der Waals surface area contributed by atoms with Crippen molar-refractivity contribution in [1.82, 2.24) is 9.55 Å². The van der Waals surface area contributed by atoms with E-state index in [4.69, 9.17) is 25.5 Å². The molecule has 3 heterocycles. The zero-order valence-corrected chi connectivity index (χ0v) is 21.4. The first-order chi connectivity index (χ1) is 15.8. The topological polar surface area (TPSA) is 83.6 Å². The van der Waals surface area contributed by atoms with Crippen LogP contribution in [-0.2, 0) is 22.3 Å². The van der Waals surface area contributed by atoms with Gasteiger partial charge in [0.05, 0.1) is 29.1 Å². The highest BCUT2D eigenvalue weighted by Crippen LogP contribution is 2.38. The zero-order chi connectivity index (χ0) is 23.9. The number of aromatic nitrogens is 2. The van der Waals surface area contributed by atoms with E-state index in [1.165, 1.54) is 19.4 Å². The molecule has 172 valence electrons. The number of benzene rings is 1. The fraction of sp³-hybridized carbons (Fsp3) is 0.217. The number of carbonyl (C=O) groups is 1. The predicted octanol–water partition coefficient (Wildman–Crippen LogP) is 5.67. The highest BCUT2D eigenvalue weighted by molar-refractivity contribution is 9.10. The minimum atomic E-state index is -1.75. The Hall–Kier alpha value is -2.46. The third-order valence-electron chi connectivity index (χ3n) is 5.14. The summed E-state index contributed by atoms with van der Waals surface area (Å²) in [5.74, 6) is 0.318. The van der Waals surface area contributed by atoms with Crippen molar-refractivity contribution in [2.45, 2.75) is 30.4 Å². The van der Waals surface area contributed by atoms with Gasteiger partial charge in [0, 0.05) is 21.9 Å². The van der Waals surface area contributed by atoms with E-state index in [9.17, 15) is 9.00 Å². The predicted molar refractivity (Wildman–Crippen MR) is 129 cm³/mol. The van der Waals surface area contributed by atoms with E-state index in [-0.39, 0.29) is 23.1 Å². The van der Waals surface area contributed by atoms with Crippen molar-refractivity contribution < 1.29 is 22.9 Å². The van der Waals surface area contributed by atoms with Crippen LogP contribution in [0.2, 0.25) is 5.15 Å². The summed E-state index contributed by atoms with van der Waals surface area (Å²) < 4.78 is 31.9. The van der Waals surface area contributed by atoms with E-state index < -0.39 is 16.6 Å². The molecule has 0 bridgehead atoms. The average molecular weight is 552 g/mol. The lowest BCUT2D eigenvalue weighted by Crippen LogP contribution is -2.12. The maximum absolute atomic E-state index is 13.9. The summed E-state index contributed by atoms with van der Waals surface area (Å²) in [6.45, 7) is 3.89. The Morgan fingerprint density at radius 1 is 1.24 bits per heavy atom. The molecule has 4 rings (SSSR count). The Labute approximate surface area is 206 Å². The Bertz CT molecular complexity index is 1380. The first-order valence-electron chi connectivity index (χ1n) is 9.80. The molecule has 10 heteroatoms. The second kappa shape index (κ2) is 9.42. The van der Waals surface area contributed by atoms with E-state index in [2.05, 4.69) is 20.9 Å². The Morgan fingerprint density at radius 2 is 1.94 bits per heavy atom. The van der Waals surface area contributed by atoms with Crippen molar-refractivity contribution in [2.24, 2.45) is 0 Å². The van der Waals surface area contributed by atoms with Crippen LogP contribution < -0.4 is 4.74 Å². The van der Waals surface area contributed by atoms with Gasteiger partial charge in [0.25, 0.3) is 0 Å². The molecule has 7 nitrogen and oxygen atoms in total. The van der Waals surface area contributed by atoms with Gasteiger partial charge in [-0.25, -0.2) is 9.19 Å². The number of furan rings is 1. The fourth-order valence-corrected chi connectivity index (χ4v) is 6.28. The third-order valence-corrected chi connectivity index (χ3v) is 7.97. The van der Waals surface area contributed by atoms with Crippen molar-refractivity contribution >= 4 is 55.1 Å². The van der Waals surface area contributed by atoms with E-state index in [0.717, 1.165) is 16.9 Å². The number of hydrogen-bond acceptors (Lipinski definition) is 6. The number of methoxy groups -OCH3 is 2. The van der Waals surface area contributed by atoms with Gasteiger partial charge in [-0.15, -0.1) is 0 Å². The smallest absolute Gasteiger partial charge is 0.247 e. The summed E-state index contributed by atoms with van der Waals surface area (Å²) in [6.07, 6.45) is 1.40. The third kappa shape index (κ3) is 4.14. The van der Waals surface area contributed by atoms with Crippen LogP contribution in [-0.4, -0.2) is 33.8 Å². The summed E-state index contributed by atoms with van der Waals surface area (Å²) in [5, 5.41) is 0.980. The molecule has 0 saturated heterocycles. The van der Waals surface area contributed by atoms with Crippen LogP contribution in [0.15, 0.2) is 55.3 Å². The number of ketones is 1. The number of rotatable bonds is 7. The maximum Gasteiger partial charge on any atom is 0.247 e. The molecule has 0 aliphatic carbocycles. The van der Waals surface area contributed by atoms with E-state index >= 15 is 0 Å². The highest BCUT2D eigenvalue weighted by Gasteiger charge is 2.29. The molecule has 0 aliphatic heterocycles. The van der Waals surface area contributed by atoms with Crippen molar-refractivity contribution in [1.29, 1.82) is 0 Å². The van der Waals surface area contributed by atoms with Gasteiger partial charge in [-0.2, -0.15) is 0 Å². The van der Waals surface area contributed by atoms with Gasteiger partial charge >= 0.3 is 0 Å². The molecule has 4 aromatic rings. The lowest BCUT2D eigenvalue weighted by atomic mass is 10.1. The number of fused-ring (bicyclic) bond motifs is 1. The molecule has 0 N–H and O–H groups in total. The number of carbonyl (C=O) groups excluding carboxylic acids is 1. The molecule has 1 unspecified atom stereocenters. The van der Waals surface area contributed by atoms with Crippen LogP contribution in [0.1, 0.15) is 27.4 Å². The second-order valence-electron chi connectivity index (χ2n) is 7.32. The lowest BCUT2D eigenvalue weighted by molar-refractivity contribution is 0.100. The summed E-state index contributed by atoms with van der Waals surface area (Å²) >= 11 is 9.98. The van der Waals surface area contributed by atoms with Crippen molar-refractivity contribution in [3.8, 4) is 5.75 Å². The van der Waals surface area contributed by atoms with Crippen LogP contribution in [0.5, 0.6) is 5.75 Å². The Morgan fingerprint density at radius 3 is 2.52 bits per heavy atom. The molecule has 0 radical (unpaired) electrons. The molecule has 0 fully saturated rings. The largest absolute Gasteiger partial charge is 0.496 e. The number of hydrogen-bond donors (Lipinski definition) is 0. The molecule has 0 aliphatic rings. The van der Waals surface area contributed by atoms with Gasteiger partial charge in [0.2, 0.25) is 5.78 Å². The minimum Gasteiger partial charge on any atom is -0.496 e. The molecule has 33 heavy (non-hydrogen) atoms. The minimum absolute atomic E-state index is 0.000835. The van der Waals surface area contributed by atoms with Gasteiger partial charge in [-0.05, 0) is 71.2 Å². The Kier molecular flexibility index (Phi) is 6.76. The van der Waals surface area contributed by atoms with Gasteiger partial charge in [-0.1, -0.05) is 11.6 Å². The van der Waals surface area contributed by atoms with Crippen LogP contribution in [0.3, 0.4) is 0 Å². The standard InChI is InChI=1S/C23H20BrClN2O5S/c1-12-8-14(9-13(2)21(12)31-4)33(29)22-18(24)15-10-17(25)27(11-30-3)23(15)26-19(22)20(28)16-6-5-7-32-16/h5-10H,11H2,1-4H3. The fourth-order valence-electron chi connectivity index (χ4n) is 3.73. The SMILES string of the molecule is COCn1c(Cl)cc2c(Br)c(S(=O)c3cc(C)c(OC)c(C)c3)c(C(=O)c3ccco3)nc21. The van der Waals surface area contributed by atoms with Gasteiger partial charge < -0.3 is 13.9 Å². The lowest BCUT2D eigenvalue weighted by Gasteiger charge is -2.14. The van der Waals surface area contributed by atoms with Gasteiger partial charge in [-0.3, -0.25) is 9.36 Å². The summed E-state index contributed by atoms with van der Waals surface area (Å²) in [6, 6.07) is 8.40. The first-order valence-corrected chi connectivity index (χ1v) is 12.1. The summed E-state index contributed by atoms with van der Waals surface area (Å²) in [5.41, 5.74) is 2.09. The molecule has 1 aromatic carbocycles. The average Bonchev–Trinajstić information content (AvgIpc) is 3.42. The molecule has 0 saturated carbocycles. The zero-order valence-electron chi connectivity index (χ0n) is 18.3. The monoisotopic (exact) mass is 550 g/mol. The quantitative estimate of drug-likeness (QED) is 0.275. The Balaban J connectivity index is 2.00. The van der Waals surface area contributed by atoms with Crippen molar-refractivity contribution in [2.75, 3.05) is 14.2 Å². The van der Waals surface area contributed by atoms with Crippen molar-refractivity contribution in [3.63, 3.8) is 0 Å². The number of ether oxygens (including phenoxy) is 2. The normalized spacial score (nSPS) is 12.3. The highest BCUT2D eigenvalue weighted by atomic mass is 79.9. The molecule has 3 aromatic heterocycles. The summed E-state index contributed by atoms with van der Waals surface area (Å²) in [7, 11) is 1.37. The molecular formula is C23H20BrClN2O5S. The van der Waals surface area contributed by atoms with Crippen LogP contribution in [0.4, 0.5) is 0 Å². The number of aryl methyl sites for hydroxylation is 2. The second-order valence-corrected chi connectivity index (χ2v) is 9.92. The summed E-state index contributed by atoms with van der Waals surface area (Å²) in [4.78, 5) is 18.7. The molecule has 0 amide bonds. The van der Waals surface area contributed by atoms with E-state index in [1.54, 1.807) is 35.9 Å². The van der Waals surface area contributed by atoms with Crippen molar-refractivity contribution in [3.05, 3.63) is 68.8 Å². The first kappa shape index (κ1) is 23.7. The number of nitrogens with zero attached hydrogens (tertiary/aromatic N) is 2.